The zero-order chi connectivity index (χ0) is 23.9. The molecule has 12 heteroatoms. The lowest BCUT2D eigenvalue weighted by molar-refractivity contribution is -0.274. The molecule has 0 bridgehead atoms. The second-order valence-electron chi connectivity index (χ2n) is 7.11. The number of hydrogen-bond donors (Lipinski definition) is 1. The minimum absolute atomic E-state index is 0.0309. The van der Waals surface area contributed by atoms with Crippen molar-refractivity contribution in [1.29, 1.82) is 0 Å². The van der Waals surface area contributed by atoms with Crippen LogP contribution in [0, 0.1) is 0 Å². The number of allylic oxidation sites excluding steroid dienone is 1. The van der Waals surface area contributed by atoms with Crippen LogP contribution in [0.5, 0.6) is 5.75 Å². The molecule has 0 fully saturated rings. The van der Waals surface area contributed by atoms with Crippen molar-refractivity contribution in [3.63, 3.8) is 0 Å². The first-order chi connectivity index (χ1) is 15.6. The average molecular weight is 484 g/mol. The molecule has 2 aliphatic rings. The van der Waals surface area contributed by atoms with Gasteiger partial charge in [-0.15, -0.1) is 13.2 Å². The van der Waals surface area contributed by atoms with Gasteiger partial charge in [-0.2, -0.15) is 9.91 Å². The maximum Gasteiger partial charge on any atom is 0.573 e. The molecule has 2 aromatic rings. The highest BCUT2D eigenvalue weighted by Gasteiger charge is 2.39. The normalized spacial score (nSPS) is 16.9. The van der Waals surface area contributed by atoms with Crippen molar-refractivity contribution < 1.29 is 37.0 Å². The summed E-state index contributed by atoms with van der Waals surface area (Å²) in [6, 6.07) is 8.69. The van der Waals surface area contributed by atoms with E-state index in [1.807, 2.05) is 6.07 Å². The molecule has 0 spiro atoms. The first-order valence-electron chi connectivity index (χ1n) is 9.59. The summed E-state index contributed by atoms with van der Waals surface area (Å²) in [7, 11) is 1.07. The summed E-state index contributed by atoms with van der Waals surface area (Å²) < 4.78 is 51.7. The van der Waals surface area contributed by atoms with E-state index in [9.17, 15) is 22.8 Å². The zero-order valence-electron chi connectivity index (χ0n) is 17.3. The monoisotopic (exact) mass is 483 g/mol. The van der Waals surface area contributed by atoms with E-state index in [4.69, 9.17) is 21.1 Å². The maximum absolute atomic E-state index is 13.3. The van der Waals surface area contributed by atoms with Crippen molar-refractivity contribution in [3.05, 3.63) is 64.3 Å². The molecule has 1 aliphatic heterocycles. The summed E-state index contributed by atoms with van der Waals surface area (Å²) in [5.74, 6) is 0.0602. The van der Waals surface area contributed by atoms with Gasteiger partial charge >= 0.3 is 18.5 Å². The third-order valence-corrected chi connectivity index (χ3v) is 5.18. The smallest absolute Gasteiger partial charge is 0.466 e. The highest BCUT2D eigenvalue weighted by Crippen LogP contribution is 2.38. The van der Waals surface area contributed by atoms with Crippen LogP contribution in [-0.4, -0.2) is 36.8 Å². The molecule has 1 aliphatic carbocycles. The highest BCUT2D eigenvalue weighted by molar-refractivity contribution is 6.30. The molecule has 2 aromatic carbocycles. The van der Waals surface area contributed by atoms with E-state index in [-0.39, 0.29) is 5.69 Å². The molecule has 0 aromatic heterocycles. The number of nitrogens with zero attached hydrogens (tertiary/aromatic N) is 2. The van der Waals surface area contributed by atoms with E-state index >= 15 is 0 Å². The number of ether oxygens (including phenoxy) is 3. The quantitative estimate of drug-likeness (QED) is 0.644. The Kier molecular flexibility index (Phi) is 5.75. The molecular weight excluding hydrogens is 467 g/mol. The molecule has 1 unspecified atom stereocenters. The molecule has 4 rings (SSSR count). The molecule has 8 nitrogen and oxygen atoms in total. The number of anilines is 1. The van der Waals surface area contributed by atoms with Crippen LogP contribution >= 0.6 is 11.6 Å². The Balaban J connectivity index is 1.59. The minimum atomic E-state index is -4.88. The number of alkyl halides is 3. The fourth-order valence-corrected chi connectivity index (χ4v) is 3.74. The number of fused-ring (bicyclic) bond motifs is 2. The summed E-state index contributed by atoms with van der Waals surface area (Å²) in [6.07, 6.45) is -6.33. The fraction of sp³-hybridized carbons (Fsp3) is 0.238. The van der Waals surface area contributed by atoms with Crippen LogP contribution in [0.1, 0.15) is 18.1 Å². The van der Waals surface area contributed by atoms with Crippen molar-refractivity contribution in [2.24, 2.45) is 0 Å². The first kappa shape index (κ1) is 22.6. The standard InChI is InChI=1S/C21H17ClF3N3O5/c1-11-28(26-17-10-12-9-13(22)3-8-16(12)18(17)32-11)19(29)27(20(30)31-2)14-4-6-15(7-5-14)33-21(23,24)25/h3-9,11,26H,10H2,1-2H3. The second-order valence-corrected chi connectivity index (χ2v) is 7.55. The Hall–Kier alpha value is -3.60. The predicted octanol–water partition coefficient (Wildman–Crippen LogP) is 5.04. The van der Waals surface area contributed by atoms with Crippen LogP contribution < -0.4 is 15.1 Å². The van der Waals surface area contributed by atoms with Crippen LogP contribution in [0.3, 0.4) is 0 Å². The molecule has 3 amide bonds. The van der Waals surface area contributed by atoms with Crippen LogP contribution in [0.2, 0.25) is 5.02 Å². The van der Waals surface area contributed by atoms with E-state index in [1.54, 1.807) is 19.1 Å². The molecule has 0 radical (unpaired) electrons. The third-order valence-electron chi connectivity index (χ3n) is 4.94. The topological polar surface area (TPSA) is 80.3 Å². The van der Waals surface area contributed by atoms with Crippen molar-refractivity contribution in [2.75, 3.05) is 12.0 Å². The molecule has 33 heavy (non-hydrogen) atoms. The SMILES string of the molecule is COC(=O)N(C(=O)N1NC2=C(OC1C)c1ccc(Cl)cc1C2)c1ccc(OC(F)(F)F)cc1. The van der Waals surface area contributed by atoms with Gasteiger partial charge in [0.05, 0.1) is 18.5 Å². The summed E-state index contributed by atoms with van der Waals surface area (Å²) in [4.78, 5) is 26.4. The Morgan fingerprint density at radius 1 is 1.21 bits per heavy atom. The van der Waals surface area contributed by atoms with Gasteiger partial charge in [-0.3, -0.25) is 5.43 Å². The Bertz CT molecular complexity index is 1140. The van der Waals surface area contributed by atoms with Gasteiger partial charge in [0, 0.05) is 17.0 Å². The van der Waals surface area contributed by atoms with E-state index in [0.717, 1.165) is 47.5 Å². The van der Waals surface area contributed by atoms with Gasteiger partial charge in [0.1, 0.15) is 5.75 Å². The lowest BCUT2D eigenvalue weighted by Crippen LogP contribution is -2.57. The Morgan fingerprint density at radius 3 is 2.55 bits per heavy atom. The van der Waals surface area contributed by atoms with E-state index < -0.39 is 30.5 Å². The largest absolute Gasteiger partial charge is 0.573 e. The number of amides is 3. The predicted molar refractivity (Wildman–Crippen MR) is 111 cm³/mol. The molecule has 1 atom stereocenters. The van der Waals surface area contributed by atoms with E-state index in [0.29, 0.717) is 27.8 Å². The van der Waals surface area contributed by atoms with Gasteiger partial charge in [0.2, 0.25) is 0 Å². The molecule has 0 saturated heterocycles. The molecular formula is C21H17ClF3N3O5. The van der Waals surface area contributed by atoms with Crippen LogP contribution in [-0.2, 0) is 15.9 Å². The number of rotatable bonds is 2. The number of methoxy groups -OCH3 is 1. The van der Waals surface area contributed by atoms with E-state index in [1.165, 1.54) is 0 Å². The van der Waals surface area contributed by atoms with Gasteiger partial charge in [0.15, 0.2) is 12.0 Å². The van der Waals surface area contributed by atoms with Gasteiger partial charge in [-0.25, -0.2) is 9.59 Å². The number of urea groups is 1. The lowest BCUT2D eigenvalue weighted by atomic mass is 10.1. The van der Waals surface area contributed by atoms with Gasteiger partial charge in [-0.1, -0.05) is 11.6 Å². The number of nitrogens with one attached hydrogen (secondary N) is 1. The lowest BCUT2D eigenvalue weighted by Gasteiger charge is -2.37. The fourth-order valence-electron chi connectivity index (χ4n) is 3.54. The van der Waals surface area contributed by atoms with Crippen molar-refractivity contribution in [3.8, 4) is 5.75 Å². The van der Waals surface area contributed by atoms with E-state index in [2.05, 4.69) is 10.2 Å². The van der Waals surface area contributed by atoms with Gasteiger partial charge < -0.3 is 14.2 Å². The summed E-state index contributed by atoms with van der Waals surface area (Å²) >= 11 is 6.06. The summed E-state index contributed by atoms with van der Waals surface area (Å²) in [6.45, 7) is 1.60. The average Bonchev–Trinajstić information content (AvgIpc) is 3.09. The Morgan fingerprint density at radius 2 is 1.91 bits per heavy atom. The number of hydrogen-bond acceptors (Lipinski definition) is 6. The first-order valence-corrected chi connectivity index (χ1v) is 9.97. The third kappa shape index (κ3) is 4.49. The number of hydrazine groups is 1. The zero-order valence-corrected chi connectivity index (χ0v) is 18.0. The highest BCUT2D eigenvalue weighted by atomic mass is 35.5. The van der Waals surface area contributed by atoms with Crippen LogP contribution in [0.25, 0.3) is 5.76 Å². The molecule has 1 heterocycles. The number of carbonyl (C=O) groups is 2. The Labute approximate surface area is 191 Å². The maximum atomic E-state index is 13.3. The number of benzene rings is 2. The van der Waals surface area contributed by atoms with Crippen LogP contribution in [0.4, 0.5) is 28.4 Å². The second kappa shape index (κ2) is 8.39. The molecule has 174 valence electrons. The van der Waals surface area contributed by atoms with Crippen molar-refractivity contribution >= 4 is 35.2 Å². The number of halogens is 4. The van der Waals surface area contributed by atoms with Crippen LogP contribution in [0.15, 0.2) is 48.2 Å². The number of imide groups is 1. The summed E-state index contributed by atoms with van der Waals surface area (Å²) in [5, 5.41) is 1.65. The molecule has 1 N–H and O–H groups in total. The van der Waals surface area contributed by atoms with Crippen molar-refractivity contribution in [2.45, 2.75) is 25.9 Å². The van der Waals surface area contributed by atoms with Gasteiger partial charge in [-0.05, 0) is 55.0 Å². The van der Waals surface area contributed by atoms with Crippen molar-refractivity contribution in [1.82, 2.24) is 10.4 Å². The molecule has 0 saturated carbocycles. The summed E-state index contributed by atoms with van der Waals surface area (Å²) in [5.41, 5.74) is 5.29. The number of carbonyl (C=O) groups excluding carboxylic acids is 2. The van der Waals surface area contributed by atoms with Gasteiger partial charge in [0.25, 0.3) is 0 Å². The minimum Gasteiger partial charge on any atom is -0.466 e.